The van der Waals surface area contributed by atoms with Crippen molar-refractivity contribution in [3.8, 4) is 33.5 Å². The van der Waals surface area contributed by atoms with Crippen LogP contribution in [0.4, 0.5) is 0 Å². The summed E-state index contributed by atoms with van der Waals surface area (Å²) in [4.78, 5) is 4.56. The summed E-state index contributed by atoms with van der Waals surface area (Å²) in [5.74, 6) is 0. The number of benzene rings is 4. The summed E-state index contributed by atoms with van der Waals surface area (Å²) in [6, 6.07) is 27.6. The van der Waals surface area contributed by atoms with Gasteiger partial charge in [-0.15, -0.1) is 0 Å². The fourth-order valence-corrected chi connectivity index (χ4v) is 4.98. The Kier molecular flexibility index (Phi) is 4.07. The first kappa shape index (κ1) is 16.6. The lowest BCUT2D eigenvalue weighted by molar-refractivity contribution is 0.411. The Labute approximate surface area is 236 Å². The molecule has 4 aromatic carbocycles. The van der Waals surface area contributed by atoms with Crippen LogP contribution in [0.25, 0.3) is 55.4 Å². The minimum absolute atomic E-state index is 0.100. The molecular weight excluding hydrogens is 462 g/mol. The van der Waals surface area contributed by atoms with Crippen LogP contribution < -0.4 is 0 Å². The second-order valence-electron chi connectivity index (χ2n) is 10.6. The summed E-state index contributed by atoms with van der Waals surface area (Å²) in [6.45, 7) is 0.000654. The molecule has 0 aliphatic rings. The largest absolute Gasteiger partial charge is 0.455 e. The molecule has 6 rings (SSSR count). The predicted octanol–water partition coefficient (Wildman–Crippen LogP) is 10.2. The average molecular weight is 504 g/mol. The van der Waals surface area contributed by atoms with Crippen LogP contribution in [-0.2, 0) is 6.37 Å². The molecule has 0 saturated carbocycles. The third-order valence-corrected chi connectivity index (χ3v) is 6.62. The highest BCUT2D eigenvalue weighted by Gasteiger charge is 2.18. The maximum atomic E-state index is 8.75. The van der Waals surface area contributed by atoms with Gasteiger partial charge in [0, 0.05) is 39.1 Å². The van der Waals surface area contributed by atoms with Crippen molar-refractivity contribution < 1.29 is 15.4 Å². The minimum Gasteiger partial charge on any atom is -0.455 e. The number of fused-ring (bicyclic) bond motifs is 3. The summed E-state index contributed by atoms with van der Waals surface area (Å²) in [7, 11) is 0. The molecule has 0 amide bonds. The van der Waals surface area contributed by atoms with Gasteiger partial charge in [-0.1, -0.05) is 99.6 Å². The zero-order chi connectivity index (χ0) is 33.2. The Morgan fingerprint density at radius 3 is 2.13 bits per heavy atom. The van der Waals surface area contributed by atoms with Gasteiger partial charge in [0.25, 0.3) is 0 Å². The molecule has 2 heteroatoms. The highest BCUT2D eigenvalue weighted by atomic mass is 16.3. The van der Waals surface area contributed by atoms with Crippen molar-refractivity contribution >= 4 is 21.9 Å². The van der Waals surface area contributed by atoms with Crippen molar-refractivity contribution in [3.05, 3.63) is 114 Å². The van der Waals surface area contributed by atoms with Gasteiger partial charge in [0.05, 0.1) is 5.69 Å². The molecule has 0 unspecified atom stereocenters. The maximum absolute atomic E-state index is 8.75. The molecule has 0 saturated heterocycles. The molecule has 0 aliphatic carbocycles. The molecule has 0 spiro atoms. The van der Waals surface area contributed by atoms with Crippen LogP contribution in [0.5, 0.6) is 0 Å². The highest BCUT2D eigenvalue weighted by molar-refractivity contribution is 6.12. The van der Waals surface area contributed by atoms with Crippen LogP contribution in [0.2, 0.25) is 0 Å². The lowest BCUT2D eigenvalue weighted by atomic mass is 9.86. The van der Waals surface area contributed by atoms with Crippen LogP contribution in [0.15, 0.2) is 102 Å². The number of aryl methyl sites for hydroxylation is 2. The molecule has 0 bridgehead atoms. The zero-order valence-electron chi connectivity index (χ0n) is 29.6. The molecule has 0 N–H and O–H groups in total. The molecule has 38 heavy (non-hydrogen) atoms. The molecule has 2 heterocycles. The fraction of sp³-hybridized carbons (Fsp3) is 0.194. The molecule has 2 aromatic heterocycles. The smallest absolute Gasteiger partial charge is 0.144 e. The molecule has 0 radical (unpaired) electrons. The Balaban J connectivity index is 1.60. The van der Waals surface area contributed by atoms with E-state index in [1.807, 2.05) is 66.7 Å². The summed E-state index contributed by atoms with van der Waals surface area (Å²) in [6.07, 6.45) is -0.572. The number of nitrogens with zero attached hydrogens (tertiary/aromatic N) is 1. The van der Waals surface area contributed by atoms with Crippen molar-refractivity contribution in [3.63, 3.8) is 0 Å². The van der Waals surface area contributed by atoms with Crippen molar-refractivity contribution in [2.75, 3.05) is 0 Å². The van der Waals surface area contributed by atoms with Gasteiger partial charge in [0.1, 0.15) is 11.2 Å². The predicted molar refractivity (Wildman–Crippen MR) is 160 cm³/mol. The number of para-hydroxylation sites is 2. The molecule has 0 aliphatic heterocycles. The Bertz CT molecular complexity index is 2080. The van der Waals surface area contributed by atoms with Gasteiger partial charge in [0.15, 0.2) is 0 Å². The third-order valence-electron chi connectivity index (χ3n) is 6.62. The van der Waals surface area contributed by atoms with Crippen LogP contribution in [0.1, 0.15) is 48.4 Å². The van der Waals surface area contributed by atoms with E-state index in [2.05, 4.69) is 4.98 Å². The van der Waals surface area contributed by atoms with Crippen molar-refractivity contribution in [2.45, 2.75) is 40.8 Å². The summed E-state index contributed by atoms with van der Waals surface area (Å²) >= 11 is 0. The lowest BCUT2D eigenvalue weighted by Crippen LogP contribution is -2.09. The first-order valence-electron chi connectivity index (χ1n) is 16.6. The van der Waals surface area contributed by atoms with E-state index >= 15 is 0 Å². The average Bonchev–Trinajstić information content (AvgIpc) is 3.38. The van der Waals surface area contributed by atoms with Crippen LogP contribution in [-0.4, -0.2) is 4.98 Å². The quantitative estimate of drug-likeness (QED) is 0.239. The van der Waals surface area contributed by atoms with E-state index in [0.29, 0.717) is 22.4 Å². The van der Waals surface area contributed by atoms with E-state index < -0.39 is 25.5 Å². The zero-order valence-corrected chi connectivity index (χ0v) is 21.6. The molecular formula is C36H33NO. The third kappa shape index (κ3) is 4.41. The van der Waals surface area contributed by atoms with E-state index in [-0.39, 0.29) is 27.8 Å². The maximum Gasteiger partial charge on any atom is 0.144 e. The van der Waals surface area contributed by atoms with Gasteiger partial charge < -0.3 is 4.42 Å². The standard InChI is InChI=1S/C36H33NO/c1-23-19-25(21-36(3,4)5)17-18-27(23)32-20-33(37-22-24(32)2)31-16-10-15-30-29-14-9-13-28(34(29)38-35(30)31)26-11-7-6-8-12-26/h6-20,22H,21H2,1-5H3/i1D3,2D3,21D2. The number of hydrogen-bond acceptors (Lipinski definition) is 2. The van der Waals surface area contributed by atoms with Crippen molar-refractivity contribution in [2.24, 2.45) is 5.41 Å². The number of aromatic nitrogens is 1. The topological polar surface area (TPSA) is 26.0 Å². The van der Waals surface area contributed by atoms with E-state index in [1.165, 1.54) is 18.3 Å². The van der Waals surface area contributed by atoms with Gasteiger partial charge in [0.2, 0.25) is 0 Å². The summed E-state index contributed by atoms with van der Waals surface area (Å²) in [5.41, 5.74) is 3.81. The molecule has 2 nitrogen and oxygen atoms in total. The Hall–Kier alpha value is -4.17. The van der Waals surface area contributed by atoms with Crippen molar-refractivity contribution in [1.29, 1.82) is 0 Å². The van der Waals surface area contributed by atoms with Crippen LogP contribution in [0, 0.1) is 19.1 Å². The molecule has 0 fully saturated rings. The van der Waals surface area contributed by atoms with E-state index in [1.54, 1.807) is 32.9 Å². The minimum atomic E-state index is -2.65. The first-order valence-corrected chi connectivity index (χ1v) is 12.6. The van der Waals surface area contributed by atoms with Crippen LogP contribution in [0.3, 0.4) is 0 Å². The lowest BCUT2D eigenvalue weighted by Gasteiger charge is -2.19. The molecule has 6 aromatic rings. The van der Waals surface area contributed by atoms with E-state index in [0.717, 1.165) is 21.9 Å². The van der Waals surface area contributed by atoms with Gasteiger partial charge in [-0.25, -0.2) is 0 Å². The van der Waals surface area contributed by atoms with Crippen molar-refractivity contribution in [1.82, 2.24) is 4.98 Å². The van der Waals surface area contributed by atoms with Gasteiger partial charge in [-0.2, -0.15) is 0 Å². The molecule has 188 valence electrons. The normalized spacial score (nSPS) is 16.1. The SMILES string of the molecule is [2H]C([2H])([2H])c1cnc(-c2cccc3c2oc2c(-c4ccccc4)cccc23)cc1-c1ccc(C([2H])([2H])C(C)(C)C)cc1C([2H])([2H])[2H]. The summed E-state index contributed by atoms with van der Waals surface area (Å²) in [5, 5.41) is 1.79. The second kappa shape index (κ2) is 9.29. The van der Waals surface area contributed by atoms with Gasteiger partial charge in [-0.3, -0.25) is 4.98 Å². The Morgan fingerprint density at radius 2 is 1.42 bits per heavy atom. The van der Waals surface area contributed by atoms with Gasteiger partial charge >= 0.3 is 0 Å². The Morgan fingerprint density at radius 1 is 0.711 bits per heavy atom. The number of furan rings is 1. The highest BCUT2D eigenvalue weighted by Crippen LogP contribution is 2.40. The molecule has 0 atom stereocenters. The summed E-state index contributed by atoms with van der Waals surface area (Å²) < 4.78 is 74.0. The monoisotopic (exact) mass is 503 g/mol. The number of hydrogen-bond donors (Lipinski definition) is 0. The first-order chi connectivity index (χ1) is 21.5. The second-order valence-corrected chi connectivity index (χ2v) is 10.6. The van der Waals surface area contributed by atoms with E-state index in [9.17, 15) is 0 Å². The van der Waals surface area contributed by atoms with Gasteiger partial charge in [-0.05, 0) is 71.0 Å². The number of pyridine rings is 1. The fourth-order valence-electron chi connectivity index (χ4n) is 4.98. The number of rotatable bonds is 4. The van der Waals surface area contributed by atoms with E-state index in [4.69, 9.17) is 15.4 Å². The van der Waals surface area contributed by atoms with Crippen LogP contribution >= 0.6 is 0 Å².